The standard InChI is InChI=1S/C4H11O4P/c1-2-3-4(5)9(6,7)8/h4-5H,2-3H2,1H3,(H2,6,7,8)/t4-/m1/s1. The lowest BCUT2D eigenvalue weighted by molar-refractivity contribution is 0.193. The molecule has 9 heavy (non-hydrogen) atoms. The van der Waals surface area contributed by atoms with Gasteiger partial charge in [-0.05, 0) is 6.42 Å². The summed E-state index contributed by atoms with van der Waals surface area (Å²) >= 11 is 0. The highest BCUT2D eigenvalue weighted by Gasteiger charge is 2.24. The molecule has 0 aliphatic carbocycles. The van der Waals surface area contributed by atoms with Gasteiger partial charge in [0.25, 0.3) is 0 Å². The number of rotatable bonds is 3. The molecule has 5 heteroatoms. The predicted molar refractivity (Wildman–Crippen MR) is 33.0 cm³/mol. The Kier molecular flexibility index (Phi) is 3.36. The molecule has 4 nitrogen and oxygen atoms in total. The minimum absolute atomic E-state index is 0.157. The largest absolute Gasteiger partial charge is 0.380 e. The molecule has 0 rings (SSSR count). The van der Waals surface area contributed by atoms with Crippen LogP contribution >= 0.6 is 7.60 Å². The summed E-state index contributed by atoms with van der Waals surface area (Å²) in [5.74, 6) is -1.47. The van der Waals surface area contributed by atoms with Gasteiger partial charge in [0.15, 0.2) is 5.85 Å². The Morgan fingerprint density at radius 3 is 2.11 bits per heavy atom. The smallest absolute Gasteiger partial charge is 0.353 e. The van der Waals surface area contributed by atoms with Crippen LogP contribution in [-0.2, 0) is 4.57 Å². The van der Waals surface area contributed by atoms with E-state index >= 15 is 0 Å². The molecule has 0 amide bonds. The zero-order valence-electron chi connectivity index (χ0n) is 5.19. The summed E-state index contributed by atoms with van der Waals surface area (Å²) < 4.78 is 10.2. The molecular weight excluding hydrogens is 143 g/mol. The van der Waals surface area contributed by atoms with Gasteiger partial charge in [-0.1, -0.05) is 13.3 Å². The van der Waals surface area contributed by atoms with Crippen molar-refractivity contribution in [2.24, 2.45) is 0 Å². The fourth-order valence-electron chi connectivity index (χ4n) is 0.426. The van der Waals surface area contributed by atoms with Crippen LogP contribution in [0.1, 0.15) is 19.8 Å². The van der Waals surface area contributed by atoms with E-state index in [1.165, 1.54) is 0 Å². The molecule has 0 spiro atoms. The van der Waals surface area contributed by atoms with E-state index in [4.69, 9.17) is 14.9 Å². The Hall–Kier alpha value is 0.110. The molecule has 0 saturated carbocycles. The van der Waals surface area contributed by atoms with Crippen LogP contribution in [0.15, 0.2) is 0 Å². The summed E-state index contributed by atoms with van der Waals surface area (Å²) in [4.78, 5) is 16.6. The highest BCUT2D eigenvalue weighted by molar-refractivity contribution is 7.52. The first kappa shape index (κ1) is 9.11. The normalized spacial score (nSPS) is 15.6. The third-order valence-corrected chi connectivity index (χ3v) is 1.97. The molecule has 56 valence electrons. The van der Waals surface area contributed by atoms with Gasteiger partial charge in [-0.25, -0.2) is 0 Å². The number of hydrogen-bond donors (Lipinski definition) is 3. The van der Waals surface area contributed by atoms with Crippen molar-refractivity contribution in [3.8, 4) is 0 Å². The van der Waals surface area contributed by atoms with Crippen LogP contribution < -0.4 is 0 Å². The Balaban J connectivity index is 3.74. The average Bonchev–Trinajstić information content (AvgIpc) is 1.64. The van der Waals surface area contributed by atoms with Crippen molar-refractivity contribution in [2.45, 2.75) is 25.6 Å². The Bertz CT molecular complexity index is 118. The highest BCUT2D eigenvalue weighted by Crippen LogP contribution is 2.41. The summed E-state index contributed by atoms with van der Waals surface area (Å²) in [6.45, 7) is 1.75. The van der Waals surface area contributed by atoms with E-state index in [9.17, 15) is 4.57 Å². The average molecular weight is 154 g/mol. The third kappa shape index (κ3) is 3.65. The molecule has 0 saturated heterocycles. The van der Waals surface area contributed by atoms with Gasteiger partial charge < -0.3 is 14.9 Å². The van der Waals surface area contributed by atoms with Gasteiger partial charge >= 0.3 is 7.60 Å². The number of hydrogen-bond acceptors (Lipinski definition) is 2. The lowest BCUT2D eigenvalue weighted by Gasteiger charge is -2.09. The second kappa shape index (κ2) is 3.32. The topological polar surface area (TPSA) is 77.8 Å². The molecule has 0 aromatic rings. The van der Waals surface area contributed by atoms with E-state index in [1.807, 2.05) is 0 Å². The molecular formula is C4H11O4P. The summed E-state index contributed by atoms with van der Waals surface area (Å²) in [6, 6.07) is 0. The molecule has 0 bridgehead atoms. The lowest BCUT2D eigenvalue weighted by Crippen LogP contribution is -2.05. The van der Waals surface area contributed by atoms with Gasteiger partial charge in [0, 0.05) is 0 Å². The zero-order valence-corrected chi connectivity index (χ0v) is 6.08. The van der Waals surface area contributed by atoms with Gasteiger partial charge in [0.05, 0.1) is 0 Å². The van der Waals surface area contributed by atoms with E-state index in [-0.39, 0.29) is 6.42 Å². The third-order valence-electron chi connectivity index (χ3n) is 0.935. The van der Waals surface area contributed by atoms with Crippen molar-refractivity contribution in [3.63, 3.8) is 0 Å². The number of aliphatic hydroxyl groups is 1. The van der Waals surface area contributed by atoms with E-state index in [0.29, 0.717) is 6.42 Å². The zero-order chi connectivity index (χ0) is 7.49. The first-order valence-corrected chi connectivity index (χ1v) is 4.40. The Morgan fingerprint density at radius 1 is 1.56 bits per heavy atom. The predicted octanol–water partition coefficient (Wildman–Crippen LogP) is 0.283. The number of aliphatic hydroxyl groups excluding tert-OH is 1. The van der Waals surface area contributed by atoms with Gasteiger partial charge in [0.2, 0.25) is 0 Å². The highest BCUT2D eigenvalue weighted by atomic mass is 31.2. The maximum absolute atomic E-state index is 10.2. The van der Waals surface area contributed by atoms with Crippen LogP contribution in [0.3, 0.4) is 0 Å². The van der Waals surface area contributed by atoms with Crippen molar-refractivity contribution < 1.29 is 19.5 Å². The van der Waals surface area contributed by atoms with Crippen LogP contribution in [0, 0.1) is 0 Å². The summed E-state index contributed by atoms with van der Waals surface area (Å²) in [5.41, 5.74) is 0. The molecule has 0 radical (unpaired) electrons. The lowest BCUT2D eigenvalue weighted by atomic mass is 10.4. The molecule has 1 atom stereocenters. The molecule has 0 aromatic carbocycles. The van der Waals surface area contributed by atoms with E-state index in [0.717, 1.165) is 0 Å². The summed E-state index contributed by atoms with van der Waals surface area (Å²) in [7, 11) is -4.22. The van der Waals surface area contributed by atoms with E-state index in [2.05, 4.69) is 0 Å². The SMILES string of the molecule is CCC[C@H](O)P(=O)(O)O. The summed E-state index contributed by atoms with van der Waals surface area (Å²) in [5, 5.41) is 8.62. The fraction of sp³-hybridized carbons (Fsp3) is 1.00. The van der Waals surface area contributed by atoms with Crippen LogP contribution in [0.2, 0.25) is 0 Å². The molecule has 0 aliphatic heterocycles. The molecule has 0 aliphatic rings. The first-order chi connectivity index (χ1) is 3.98. The van der Waals surface area contributed by atoms with Gasteiger partial charge in [0.1, 0.15) is 0 Å². The van der Waals surface area contributed by atoms with E-state index in [1.54, 1.807) is 6.92 Å². The molecule has 0 heterocycles. The first-order valence-electron chi connectivity index (χ1n) is 2.71. The van der Waals surface area contributed by atoms with Crippen molar-refractivity contribution in [1.82, 2.24) is 0 Å². The maximum atomic E-state index is 10.2. The minimum atomic E-state index is -4.22. The Morgan fingerprint density at radius 2 is 2.00 bits per heavy atom. The van der Waals surface area contributed by atoms with Crippen molar-refractivity contribution >= 4 is 7.60 Å². The van der Waals surface area contributed by atoms with Gasteiger partial charge in [-0.15, -0.1) is 0 Å². The van der Waals surface area contributed by atoms with Gasteiger partial charge in [-0.3, -0.25) is 4.57 Å². The van der Waals surface area contributed by atoms with Crippen LogP contribution in [-0.4, -0.2) is 20.7 Å². The monoisotopic (exact) mass is 154 g/mol. The van der Waals surface area contributed by atoms with Crippen molar-refractivity contribution in [2.75, 3.05) is 0 Å². The minimum Gasteiger partial charge on any atom is -0.380 e. The Labute approximate surface area is 53.7 Å². The molecule has 3 N–H and O–H groups in total. The summed E-state index contributed by atoms with van der Waals surface area (Å²) in [6.07, 6.45) is 0.733. The van der Waals surface area contributed by atoms with Crippen molar-refractivity contribution in [1.29, 1.82) is 0 Å². The van der Waals surface area contributed by atoms with Crippen LogP contribution in [0.4, 0.5) is 0 Å². The quantitative estimate of drug-likeness (QED) is 0.510. The van der Waals surface area contributed by atoms with E-state index < -0.39 is 13.4 Å². The van der Waals surface area contributed by atoms with Gasteiger partial charge in [-0.2, -0.15) is 0 Å². The maximum Gasteiger partial charge on any atom is 0.353 e. The molecule has 0 fully saturated rings. The second-order valence-corrected chi connectivity index (χ2v) is 3.63. The van der Waals surface area contributed by atoms with Crippen LogP contribution in [0.25, 0.3) is 0 Å². The second-order valence-electron chi connectivity index (χ2n) is 1.86. The molecule has 0 aromatic heterocycles. The molecule has 0 unspecified atom stereocenters. The fourth-order valence-corrected chi connectivity index (χ4v) is 1.02. The van der Waals surface area contributed by atoms with Crippen LogP contribution in [0.5, 0.6) is 0 Å². The van der Waals surface area contributed by atoms with Crippen molar-refractivity contribution in [3.05, 3.63) is 0 Å².